The van der Waals surface area contributed by atoms with Crippen molar-refractivity contribution in [3.63, 3.8) is 0 Å². The van der Waals surface area contributed by atoms with Crippen molar-refractivity contribution in [1.82, 2.24) is 10.6 Å². The molecular formula is C16H20N2O4. The molecule has 1 aliphatic rings. The van der Waals surface area contributed by atoms with Gasteiger partial charge in [0.05, 0.1) is 25.3 Å². The van der Waals surface area contributed by atoms with Crippen LogP contribution in [0.5, 0.6) is 5.75 Å². The Bertz CT molecular complexity index is 610. The lowest BCUT2D eigenvalue weighted by Crippen LogP contribution is -2.45. The lowest BCUT2D eigenvalue weighted by Gasteiger charge is -2.28. The quantitative estimate of drug-likeness (QED) is 0.818. The van der Waals surface area contributed by atoms with E-state index in [-0.39, 0.29) is 6.03 Å². The van der Waals surface area contributed by atoms with Crippen LogP contribution >= 0.6 is 0 Å². The summed E-state index contributed by atoms with van der Waals surface area (Å²) in [5, 5.41) is 5.37. The second-order valence-electron chi connectivity index (χ2n) is 4.98. The number of methoxy groups -OCH3 is 1. The molecule has 1 aliphatic heterocycles. The van der Waals surface area contributed by atoms with Gasteiger partial charge in [0.25, 0.3) is 0 Å². The van der Waals surface area contributed by atoms with Gasteiger partial charge in [-0.05, 0) is 31.0 Å². The van der Waals surface area contributed by atoms with Crippen LogP contribution in [0, 0.1) is 0 Å². The summed E-state index contributed by atoms with van der Waals surface area (Å²) in [4.78, 5) is 24.1. The van der Waals surface area contributed by atoms with Gasteiger partial charge in [0.15, 0.2) is 0 Å². The summed E-state index contributed by atoms with van der Waals surface area (Å²) in [6.45, 7) is 3.96. The first-order chi connectivity index (χ1) is 10.6. The van der Waals surface area contributed by atoms with Gasteiger partial charge in [0.2, 0.25) is 0 Å². The Kier molecular flexibility index (Phi) is 5.04. The number of benzene rings is 1. The van der Waals surface area contributed by atoms with E-state index in [0.717, 1.165) is 12.0 Å². The first kappa shape index (κ1) is 15.9. The molecule has 1 unspecified atom stereocenters. The summed E-state index contributed by atoms with van der Waals surface area (Å²) >= 11 is 0. The number of carbonyl (C=O) groups is 2. The van der Waals surface area contributed by atoms with Gasteiger partial charge in [-0.25, -0.2) is 9.59 Å². The number of nitrogens with one attached hydrogen (secondary N) is 2. The molecule has 2 rings (SSSR count). The van der Waals surface area contributed by atoms with E-state index in [9.17, 15) is 9.59 Å². The van der Waals surface area contributed by atoms with Crippen molar-refractivity contribution in [3.05, 3.63) is 41.1 Å². The number of ether oxygens (including phenoxy) is 2. The van der Waals surface area contributed by atoms with E-state index in [2.05, 4.69) is 10.6 Å². The molecule has 0 saturated carbocycles. The van der Waals surface area contributed by atoms with Crippen LogP contribution in [0.25, 0.3) is 0 Å². The van der Waals surface area contributed by atoms with Crippen LogP contribution in [0.15, 0.2) is 35.5 Å². The summed E-state index contributed by atoms with van der Waals surface area (Å²) in [7, 11) is 1.57. The molecule has 2 N–H and O–H groups in total. The maximum absolute atomic E-state index is 12.3. The summed E-state index contributed by atoms with van der Waals surface area (Å²) in [6, 6.07) is 6.33. The third-order valence-electron chi connectivity index (χ3n) is 3.35. The van der Waals surface area contributed by atoms with E-state index in [1.165, 1.54) is 0 Å². The minimum Gasteiger partial charge on any atom is -0.497 e. The summed E-state index contributed by atoms with van der Waals surface area (Å²) < 4.78 is 10.4. The fourth-order valence-corrected chi connectivity index (χ4v) is 2.31. The minimum atomic E-state index is -0.562. The van der Waals surface area contributed by atoms with E-state index in [0.29, 0.717) is 23.6 Å². The molecule has 0 bridgehead atoms. The Labute approximate surface area is 129 Å². The second kappa shape index (κ2) is 6.98. The molecule has 22 heavy (non-hydrogen) atoms. The van der Waals surface area contributed by atoms with E-state index in [4.69, 9.17) is 9.47 Å². The normalized spacial score (nSPS) is 17.6. The Hall–Kier alpha value is -2.50. The predicted octanol–water partition coefficient (Wildman–Crippen LogP) is 2.28. The van der Waals surface area contributed by atoms with Crippen molar-refractivity contribution < 1.29 is 19.1 Å². The average molecular weight is 304 g/mol. The first-order valence-electron chi connectivity index (χ1n) is 7.16. The SMILES string of the molecule is CCCOC(=O)C1=C(C)NC(=O)NC1c1cccc(OC)c1. The highest BCUT2D eigenvalue weighted by molar-refractivity contribution is 5.95. The fraction of sp³-hybridized carbons (Fsp3) is 0.375. The molecule has 118 valence electrons. The van der Waals surface area contributed by atoms with E-state index in [1.807, 2.05) is 19.1 Å². The topological polar surface area (TPSA) is 76.7 Å². The van der Waals surface area contributed by atoms with Gasteiger partial charge in [-0.3, -0.25) is 0 Å². The van der Waals surface area contributed by atoms with Crippen molar-refractivity contribution in [3.8, 4) is 5.75 Å². The largest absolute Gasteiger partial charge is 0.497 e. The molecule has 0 saturated heterocycles. The molecule has 0 radical (unpaired) electrons. The minimum absolute atomic E-state index is 0.342. The van der Waals surface area contributed by atoms with Crippen LogP contribution in [-0.2, 0) is 9.53 Å². The molecule has 1 heterocycles. The molecule has 0 aromatic heterocycles. The lowest BCUT2D eigenvalue weighted by atomic mass is 9.95. The maximum Gasteiger partial charge on any atom is 0.338 e. The number of urea groups is 1. The van der Waals surface area contributed by atoms with Crippen LogP contribution in [0.3, 0.4) is 0 Å². The van der Waals surface area contributed by atoms with Gasteiger partial charge >= 0.3 is 12.0 Å². The van der Waals surface area contributed by atoms with Gasteiger partial charge in [0, 0.05) is 5.70 Å². The zero-order chi connectivity index (χ0) is 16.1. The summed E-state index contributed by atoms with van der Waals surface area (Å²) in [6.07, 6.45) is 0.738. The van der Waals surface area contributed by atoms with Gasteiger partial charge in [0.1, 0.15) is 5.75 Å². The van der Waals surface area contributed by atoms with E-state index >= 15 is 0 Å². The third-order valence-corrected chi connectivity index (χ3v) is 3.35. The number of amides is 2. The molecular weight excluding hydrogens is 284 g/mol. The molecule has 1 aromatic carbocycles. The zero-order valence-corrected chi connectivity index (χ0v) is 12.9. The predicted molar refractivity (Wildman–Crippen MR) is 81.4 cm³/mol. The Balaban J connectivity index is 2.38. The number of carbonyl (C=O) groups excluding carboxylic acids is 2. The van der Waals surface area contributed by atoms with Crippen LogP contribution in [0.4, 0.5) is 4.79 Å². The van der Waals surface area contributed by atoms with Crippen LogP contribution < -0.4 is 15.4 Å². The summed E-state index contributed by atoms with van der Waals surface area (Å²) in [5.74, 6) is 0.226. The third kappa shape index (κ3) is 3.39. The Morgan fingerprint density at radius 3 is 2.82 bits per heavy atom. The number of hydrogen-bond donors (Lipinski definition) is 2. The molecule has 0 spiro atoms. The van der Waals surface area contributed by atoms with Crippen molar-refractivity contribution in [2.24, 2.45) is 0 Å². The zero-order valence-electron chi connectivity index (χ0n) is 12.9. The Morgan fingerprint density at radius 2 is 2.14 bits per heavy atom. The van der Waals surface area contributed by atoms with E-state index < -0.39 is 12.0 Å². The van der Waals surface area contributed by atoms with Gasteiger partial charge in [-0.1, -0.05) is 19.1 Å². The monoisotopic (exact) mass is 304 g/mol. The average Bonchev–Trinajstić information content (AvgIpc) is 2.51. The standard InChI is InChI=1S/C16H20N2O4/c1-4-8-22-15(19)13-10(2)17-16(20)18-14(13)11-6-5-7-12(9-11)21-3/h5-7,9,14H,4,8H2,1-3H3,(H2,17,18,20). The first-order valence-corrected chi connectivity index (χ1v) is 7.16. The number of hydrogen-bond acceptors (Lipinski definition) is 4. The molecule has 0 fully saturated rings. The van der Waals surface area contributed by atoms with Crippen LogP contribution in [0.2, 0.25) is 0 Å². The number of rotatable bonds is 5. The van der Waals surface area contributed by atoms with Crippen molar-refractivity contribution in [2.75, 3.05) is 13.7 Å². The van der Waals surface area contributed by atoms with Crippen LogP contribution in [-0.4, -0.2) is 25.7 Å². The van der Waals surface area contributed by atoms with Gasteiger partial charge < -0.3 is 20.1 Å². The molecule has 1 atom stereocenters. The van der Waals surface area contributed by atoms with Gasteiger partial charge in [-0.15, -0.1) is 0 Å². The molecule has 6 heteroatoms. The molecule has 6 nitrogen and oxygen atoms in total. The van der Waals surface area contributed by atoms with Gasteiger partial charge in [-0.2, -0.15) is 0 Å². The molecule has 0 aliphatic carbocycles. The van der Waals surface area contributed by atoms with Crippen molar-refractivity contribution in [1.29, 1.82) is 0 Å². The van der Waals surface area contributed by atoms with E-state index in [1.54, 1.807) is 26.2 Å². The smallest absolute Gasteiger partial charge is 0.338 e. The van der Waals surface area contributed by atoms with Crippen molar-refractivity contribution in [2.45, 2.75) is 26.3 Å². The lowest BCUT2D eigenvalue weighted by molar-refractivity contribution is -0.139. The van der Waals surface area contributed by atoms with Crippen molar-refractivity contribution >= 4 is 12.0 Å². The second-order valence-corrected chi connectivity index (χ2v) is 4.98. The highest BCUT2D eigenvalue weighted by Gasteiger charge is 2.32. The van der Waals surface area contributed by atoms with Crippen LogP contribution in [0.1, 0.15) is 31.9 Å². The fourth-order valence-electron chi connectivity index (χ4n) is 2.31. The Morgan fingerprint density at radius 1 is 1.36 bits per heavy atom. The number of allylic oxidation sites excluding steroid dienone is 1. The highest BCUT2D eigenvalue weighted by Crippen LogP contribution is 2.29. The molecule has 1 aromatic rings. The maximum atomic E-state index is 12.3. The molecule has 2 amide bonds. The highest BCUT2D eigenvalue weighted by atomic mass is 16.5. The number of esters is 1. The summed E-state index contributed by atoms with van der Waals surface area (Å²) in [5.41, 5.74) is 1.66.